The number of anilines is 1. The average Bonchev–Trinajstić information content (AvgIpc) is 2.69. The fraction of sp³-hybridized carbons (Fsp3) is 0.154. The smallest absolute Gasteiger partial charge is 0.256 e. The zero-order valence-electron chi connectivity index (χ0n) is 10.4. The Hall–Kier alpha value is -2.32. The van der Waals surface area contributed by atoms with Crippen LogP contribution in [0.2, 0.25) is 5.02 Å². The molecule has 0 spiro atoms. The predicted molar refractivity (Wildman–Crippen MR) is 72.1 cm³/mol. The van der Waals surface area contributed by atoms with Gasteiger partial charge in [-0.05, 0) is 30.7 Å². The van der Waals surface area contributed by atoms with Gasteiger partial charge >= 0.3 is 0 Å². The summed E-state index contributed by atoms with van der Waals surface area (Å²) in [4.78, 5) is 12.1. The number of aromatic nitrogens is 2. The van der Waals surface area contributed by atoms with E-state index in [2.05, 4.69) is 10.4 Å². The van der Waals surface area contributed by atoms with Crippen LogP contribution >= 0.6 is 11.6 Å². The van der Waals surface area contributed by atoms with Gasteiger partial charge < -0.3 is 5.32 Å². The van der Waals surface area contributed by atoms with Crippen LogP contribution in [0.4, 0.5) is 5.82 Å². The maximum atomic E-state index is 12.1. The summed E-state index contributed by atoms with van der Waals surface area (Å²) in [5.74, 6) is 0.0378. The van der Waals surface area contributed by atoms with E-state index in [1.807, 2.05) is 13.0 Å². The summed E-state index contributed by atoms with van der Waals surface area (Å²) in [6.45, 7) is 1.85. The summed E-state index contributed by atoms with van der Waals surface area (Å²) >= 11 is 5.92. The third kappa shape index (κ3) is 2.75. The fourth-order valence-corrected chi connectivity index (χ4v) is 2.00. The lowest BCUT2D eigenvalue weighted by molar-refractivity contribution is 0.102. The van der Waals surface area contributed by atoms with Gasteiger partial charge in [0.25, 0.3) is 5.91 Å². The van der Waals surface area contributed by atoms with Gasteiger partial charge in [-0.2, -0.15) is 10.4 Å². The zero-order chi connectivity index (χ0) is 14.0. The van der Waals surface area contributed by atoms with Crippen molar-refractivity contribution >= 4 is 23.3 Å². The van der Waals surface area contributed by atoms with Crippen LogP contribution in [0.1, 0.15) is 21.5 Å². The van der Waals surface area contributed by atoms with E-state index in [0.29, 0.717) is 22.0 Å². The summed E-state index contributed by atoms with van der Waals surface area (Å²) in [5.41, 5.74) is 1.65. The first-order chi connectivity index (χ1) is 9.01. The van der Waals surface area contributed by atoms with E-state index in [1.54, 1.807) is 25.2 Å². The van der Waals surface area contributed by atoms with Crippen molar-refractivity contribution in [1.29, 1.82) is 5.26 Å². The average molecular weight is 275 g/mol. The Kier molecular flexibility index (Phi) is 3.54. The van der Waals surface area contributed by atoms with Crippen molar-refractivity contribution in [2.75, 3.05) is 5.32 Å². The van der Waals surface area contributed by atoms with Crippen LogP contribution in [0.25, 0.3) is 0 Å². The normalized spacial score (nSPS) is 10.0. The van der Waals surface area contributed by atoms with E-state index in [0.717, 1.165) is 5.56 Å². The van der Waals surface area contributed by atoms with E-state index in [-0.39, 0.29) is 5.91 Å². The summed E-state index contributed by atoms with van der Waals surface area (Å²) in [6.07, 6.45) is 1.40. The SMILES string of the molecule is Cc1cc(Cl)cc(C(=O)Nc2c(C#N)cnn2C)c1. The molecule has 2 rings (SSSR count). The molecule has 0 bridgehead atoms. The molecule has 0 fully saturated rings. The number of aryl methyl sites for hydroxylation is 2. The quantitative estimate of drug-likeness (QED) is 0.915. The van der Waals surface area contributed by atoms with Gasteiger partial charge in [-0.25, -0.2) is 0 Å². The van der Waals surface area contributed by atoms with E-state index >= 15 is 0 Å². The van der Waals surface area contributed by atoms with Crippen molar-refractivity contribution in [3.05, 3.63) is 46.1 Å². The molecule has 19 heavy (non-hydrogen) atoms. The van der Waals surface area contributed by atoms with Crippen molar-refractivity contribution in [1.82, 2.24) is 9.78 Å². The summed E-state index contributed by atoms with van der Waals surface area (Å²) < 4.78 is 1.44. The zero-order valence-corrected chi connectivity index (χ0v) is 11.2. The number of carbonyl (C=O) groups is 1. The maximum absolute atomic E-state index is 12.1. The van der Waals surface area contributed by atoms with Crippen molar-refractivity contribution in [2.24, 2.45) is 7.05 Å². The number of nitrogens with one attached hydrogen (secondary N) is 1. The molecule has 1 N–H and O–H groups in total. The lowest BCUT2D eigenvalue weighted by Crippen LogP contribution is -2.15. The van der Waals surface area contributed by atoms with E-state index in [9.17, 15) is 4.79 Å². The Morgan fingerprint density at radius 2 is 2.21 bits per heavy atom. The highest BCUT2D eigenvalue weighted by Gasteiger charge is 2.13. The van der Waals surface area contributed by atoms with Crippen LogP contribution in [0.5, 0.6) is 0 Å². The minimum absolute atomic E-state index is 0.314. The molecular formula is C13H11ClN4O. The Morgan fingerprint density at radius 1 is 1.47 bits per heavy atom. The van der Waals surface area contributed by atoms with E-state index in [1.165, 1.54) is 10.9 Å². The fourth-order valence-electron chi connectivity index (χ4n) is 1.71. The number of hydrogen-bond donors (Lipinski definition) is 1. The molecule has 1 aromatic heterocycles. The van der Waals surface area contributed by atoms with Crippen LogP contribution in [0.15, 0.2) is 24.4 Å². The van der Waals surface area contributed by atoms with E-state index < -0.39 is 0 Å². The molecule has 0 saturated carbocycles. The number of amides is 1. The summed E-state index contributed by atoms with van der Waals surface area (Å²) in [5, 5.41) is 16.0. The molecule has 1 heterocycles. The minimum atomic E-state index is -0.328. The molecule has 0 radical (unpaired) electrons. The number of nitriles is 1. The van der Waals surface area contributed by atoms with Crippen molar-refractivity contribution in [3.63, 3.8) is 0 Å². The topological polar surface area (TPSA) is 70.7 Å². The highest BCUT2D eigenvalue weighted by atomic mass is 35.5. The number of carbonyl (C=O) groups excluding carboxylic acids is 1. The van der Waals surface area contributed by atoms with Gasteiger partial charge in [0.1, 0.15) is 17.5 Å². The lowest BCUT2D eigenvalue weighted by Gasteiger charge is -2.07. The molecule has 0 saturated heterocycles. The van der Waals surface area contributed by atoms with Crippen LogP contribution in [0.3, 0.4) is 0 Å². The molecular weight excluding hydrogens is 264 g/mol. The molecule has 0 aliphatic carbocycles. The third-order valence-corrected chi connectivity index (χ3v) is 2.81. The van der Waals surface area contributed by atoms with Crippen molar-refractivity contribution < 1.29 is 4.79 Å². The van der Waals surface area contributed by atoms with Crippen LogP contribution in [-0.4, -0.2) is 15.7 Å². The monoisotopic (exact) mass is 274 g/mol. The predicted octanol–water partition coefficient (Wildman–Crippen LogP) is 2.51. The Balaban J connectivity index is 2.31. The molecule has 5 nitrogen and oxygen atoms in total. The Bertz CT molecular complexity index is 664. The second-order valence-corrected chi connectivity index (χ2v) is 4.55. The van der Waals surface area contributed by atoms with Gasteiger partial charge in [-0.3, -0.25) is 9.48 Å². The lowest BCUT2D eigenvalue weighted by atomic mass is 10.1. The first-order valence-electron chi connectivity index (χ1n) is 5.52. The number of halogens is 1. The second kappa shape index (κ2) is 5.12. The number of nitrogens with zero attached hydrogens (tertiary/aromatic N) is 3. The Labute approximate surface area is 115 Å². The minimum Gasteiger partial charge on any atom is -0.306 e. The molecule has 0 aliphatic heterocycles. The summed E-state index contributed by atoms with van der Waals surface area (Å²) in [6, 6.07) is 7.04. The molecule has 6 heteroatoms. The van der Waals surface area contributed by atoms with Crippen molar-refractivity contribution in [2.45, 2.75) is 6.92 Å². The van der Waals surface area contributed by atoms with Crippen LogP contribution < -0.4 is 5.32 Å². The van der Waals surface area contributed by atoms with Gasteiger partial charge in [-0.1, -0.05) is 11.6 Å². The van der Waals surface area contributed by atoms with Gasteiger partial charge in [0.05, 0.1) is 6.20 Å². The highest BCUT2D eigenvalue weighted by molar-refractivity contribution is 6.31. The highest BCUT2D eigenvalue weighted by Crippen LogP contribution is 2.17. The van der Waals surface area contributed by atoms with Gasteiger partial charge in [0, 0.05) is 17.6 Å². The standard InChI is InChI=1S/C13H11ClN4O/c1-8-3-9(5-11(14)4-8)13(19)17-12-10(6-15)7-16-18(12)2/h3-5,7H,1-2H3,(H,17,19). The first-order valence-corrected chi connectivity index (χ1v) is 5.89. The Morgan fingerprint density at radius 3 is 2.84 bits per heavy atom. The molecule has 96 valence electrons. The summed E-state index contributed by atoms with van der Waals surface area (Å²) in [7, 11) is 1.65. The number of rotatable bonds is 2. The molecule has 0 aliphatic rings. The number of benzene rings is 1. The van der Waals surface area contributed by atoms with Gasteiger partial charge in [0.2, 0.25) is 0 Å². The van der Waals surface area contributed by atoms with E-state index in [4.69, 9.17) is 16.9 Å². The van der Waals surface area contributed by atoms with Crippen LogP contribution in [0, 0.1) is 18.3 Å². The molecule has 0 atom stereocenters. The molecule has 1 aromatic carbocycles. The molecule has 2 aromatic rings. The maximum Gasteiger partial charge on any atom is 0.256 e. The van der Waals surface area contributed by atoms with Crippen molar-refractivity contribution in [3.8, 4) is 6.07 Å². The van der Waals surface area contributed by atoms with Crippen LogP contribution in [-0.2, 0) is 7.05 Å². The largest absolute Gasteiger partial charge is 0.306 e. The van der Waals surface area contributed by atoms with Gasteiger partial charge in [0.15, 0.2) is 0 Å². The molecule has 1 amide bonds. The third-order valence-electron chi connectivity index (χ3n) is 2.60. The first kappa shape index (κ1) is 13.1. The molecule has 0 unspecified atom stereocenters. The second-order valence-electron chi connectivity index (χ2n) is 4.11. The number of hydrogen-bond acceptors (Lipinski definition) is 3. The van der Waals surface area contributed by atoms with Gasteiger partial charge in [-0.15, -0.1) is 0 Å².